The van der Waals surface area contributed by atoms with E-state index in [1.54, 1.807) is 0 Å². The molecule has 0 aliphatic heterocycles. The van der Waals surface area contributed by atoms with E-state index in [0.29, 0.717) is 12.5 Å². The Hall–Kier alpha value is -1.35. The molecule has 0 heterocycles. The molecule has 1 aromatic rings. The molecule has 0 saturated heterocycles. The molecule has 2 atom stereocenters. The van der Waals surface area contributed by atoms with Crippen molar-refractivity contribution in [3.8, 4) is 0 Å². The van der Waals surface area contributed by atoms with Crippen molar-refractivity contribution in [2.75, 3.05) is 6.54 Å². The van der Waals surface area contributed by atoms with Gasteiger partial charge < -0.3 is 10.4 Å². The number of aliphatic hydroxyl groups is 1. The van der Waals surface area contributed by atoms with Crippen LogP contribution in [0.4, 0.5) is 0 Å². The van der Waals surface area contributed by atoms with Gasteiger partial charge in [0.1, 0.15) is 0 Å². The summed E-state index contributed by atoms with van der Waals surface area (Å²) in [6.45, 7) is 6.94. The normalized spacial score (nSPS) is 13.9. The van der Waals surface area contributed by atoms with Crippen molar-refractivity contribution in [1.82, 2.24) is 5.32 Å². The first kappa shape index (κ1) is 15.7. The van der Waals surface area contributed by atoms with E-state index in [-0.39, 0.29) is 18.4 Å². The molecule has 0 bridgehead atoms. The quantitative estimate of drug-likeness (QED) is 0.794. The van der Waals surface area contributed by atoms with Crippen LogP contribution in [0.15, 0.2) is 24.3 Å². The first-order valence-corrected chi connectivity index (χ1v) is 7.04. The molecule has 1 rings (SSSR count). The van der Waals surface area contributed by atoms with E-state index >= 15 is 0 Å². The highest BCUT2D eigenvalue weighted by molar-refractivity contribution is 5.78. The molecule has 1 aromatic carbocycles. The number of amides is 1. The lowest BCUT2D eigenvalue weighted by atomic mass is 9.93. The van der Waals surface area contributed by atoms with Crippen LogP contribution < -0.4 is 5.32 Å². The second-order valence-electron chi connectivity index (χ2n) is 5.19. The van der Waals surface area contributed by atoms with Crippen molar-refractivity contribution in [3.63, 3.8) is 0 Å². The molecule has 2 N–H and O–H groups in total. The van der Waals surface area contributed by atoms with Crippen molar-refractivity contribution in [3.05, 3.63) is 35.4 Å². The summed E-state index contributed by atoms with van der Waals surface area (Å²) in [5.74, 6) is 0.631. The van der Waals surface area contributed by atoms with Crippen molar-refractivity contribution < 1.29 is 9.90 Å². The highest BCUT2D eigenvalue weighted by Gasteiger charge is 2.17. The van der Waals surface area contributed by atoms with Crippen LogP contribution in [0.25, 0.3) is 0 Å². The largest absolute Gasteiger partial charge is 0.392 e. The Labute approximate surface area is 116 Å². The minimum absolute atomic E-state index is 0.0711. The lowest BCUT2D eigenvalue weighted by Gasteiger charge is -2.17. The summed E-state index contributed by atoms with van der Waals surface area (Å²) in [6.07, 6.45) is 1.85. The molecule has 0 aliphatic rings. The third-order valence-corrected chi connectivity index (χ3v) is 3.83. The summed E-state index contributed by atoms with van der Waals surface area (Å²) in [5.41, 5.74) is 2.09. The predicted octanol–water partition coefficient (Wildman–Crippen LogP) is 2.52. The first-order valence-electron chi connectivity index (χ1n) is 7.04. The summed E-state index contributed by atoms with van der Waals surface area (Å²) in [5, 5.41) is 11.9. The number of hydrogen-bond donors (Lipinski definition) is 2. The lowest BCUT2D eigenvalue weighted by molar-refractivity contribution is -0.125. The monoisotopic (exact) mass is 263 g/mol. The molecule has 0 saturated carbocycles. The fourth-order valence-electron chi connectivity index (χ4n) is 1.91. The van der Waals surface area contributed by atoms with Crippen LogP contribution in [-0.2, 0) is 17.8 Å². The van der Waals surface area contributed by atoms with Crippen molar-refractivity contribution in [1.29, 1.82) is 0 Å². The fourth-order valence-corrected chi connectivity index (χ4v) is 1.91. The molecule has 0 aliphatic carbocycles. The summed E-state index contributed by atoms with van der Waals surface area (Å²) in [4.78, 5) is 11.9. The van der Waals surface area contributed by atoms with Gasteiger partial charge in [-0.15, -0.1) is 0 Å². The van der Waals surface area contributed by atoms with Gasteiger partial charge in [0.2, 0.25) is 5.91 Å². The fraction of sp³-hybridized carbons (Fsp3) is 0.562. The number of carbonyl (C=O) groups is 1. The third-order valence-electron chi connectivity index (χ3n) is 3.83. The number of rotatable bonds is 7. The molecule has 0 aromatic heterocycles. The maximum atomic E-state index is 11.9. The molecule has 3 heteroatoms. The average molecular weight is 263 g/mol. The summed E-state index contributed by atoms with van der Waals surface area (Å²) < 4.78 is 0. The third kappa shape index (κ3) is 5.03. The van der Waals surface area contributed by atoms with E-state index in [2.05, 4.69) is 19.2 Å². The van der Waals surface area contributed by atoms with Crippen LogP contribution in [0, 0.1) is 11.8 Å². The number of nitrogens with one attached hydrogen (secondary N) is 1. The molecular weight excluding hydrogens is 238 g/mol. The van der Waals surface area contributed by atoms with E-state index in [1.165, 1.54) is 5.56 Å². The van der Waals surface area contributed by atoms with Gasteiger partial charge in [-0.2, -0.15) is 0 Å². The average Bonchev–Trinajstić information content (AvgIpc) is 2.46. The van der Waals surface area contributed by atoms with Gasteiger partial charge in [-0.25, -0.2) is 0 Å². The zero-order valence-corrected chi connectivity index (χ0v) is 12.1. The number of hydrogen-bond acceptors (Lipinski definition) is 2. The highest BCUT2D eigenvalue weighted by atomic mass is 16.3. The Morgan fingerprint density at radius 1 is 1.21 bits per heavy atom. The van der Waals surface area contributed by atoms with Crippen LogP contribution in [0.2, 0.25) is 0 Å². The topological polar surface area (TPSA) is 49.3 Å². The standard InChI is InChI=1S/C16H25NO2/c1-4-12(2)13(3)16(19)17-10-9-14-5-7-15(11-18)8-6-14/h5-8,12-13,18H,4,9-11H2,1-3H3,(H,17,19). The number of carbonyl (C=O) groups excluding carboxylic acids is 1. The molecule has 106 valence electrons. The number of aliphatic hydroxyl groups excluding tert-OH is 1. The van der Waals surface area contributed by atoms with Gasteiger partial charge in [0.15, 0.2) is 0 Å². The number of benzene rings is 1. The van der Waals surface area contributed by atoms with Gasteiger partial charge in [0.05, 0.1) is 6.61 Å². The maximum Gasteiger partial charge on any atom is 0.223 e. The first-order chi connectivity index (χ1) is 9.08. The van der Waals surface area contributed by atoms with Crippen molar-refractivity contribution in [2.24, 2.45) is 11.8 Å². The van der Waals surface area contributed by atoms with E-state index < -0.39 is 0 Å². The SMILES string of the molecule is CCC(C)C(C)C(=O)NCCc1ccc(CO)cc1. The van der Waals surface area contributed by atoms with Gasteiger partial charge in [-0.3, -0.25) is 4.79 Å². The van der Waals surface area contributed by atoms with Crippen LogP contribution in [0.3, 0.4) is 0 Å². The second kappa shape index (κ2) is 7.95. The van der Waals surface area contributed by atoms with E-state index in [4.69, 9.17) is 5.11 Å². The highest BCUT2D eigenvalue weighted by Crippen LogP contribution is 2.14. The van der Waals surface area contributed by atoms with Crippen LogP contribution >= 0.6 is 0 Å². The molecule has 0 radical (unpaired) electrons. The zero-order valence-electron chi connectivity index (χ0n) is 12.1. The maximum absolute atomic E-state index is 11.9. The van der Waals surface area contributed by atoms with Gasteiger partial charge in [-0.1, -0.05) is 51.5 Å². The minimum Gasteiger partial charge on any atom is -0.392 e. The molecule has 19 heavy (non-hydrogen) atoms. The Morgan fingerprint density at radius 3 is 2.32 bits per heavy atom. The van der Waals surface area contributed by atoms with E-state index in [1.807, 2.05) is 31.2 Å². The molecular formula is C16H25NO2. The predicted molar refractivity (Wildman–Crippen MR) is 77.7 cm³/mol. The Balaban J connectivity index is 2.35. The van der Waals surface area contributed by atoms with E-state index in [9.17, 15) is 4.79 Å². The van der Waals surface area contributed by atoms with Crippen LogP contribution in [0.1, 0.15) is 38.3 Å². The van der Waals surface area contributed by atoms with Crippen molar-refractivity contribution >= 4 is 5.91 Å². The van der Waals surface area contributed by atoms with Crippen LogP contribution in [-0.4, -0.2) is 17.6 Å². The van der Waals surface area contributed by atoms with Gasteiger partial charge in [0, 0.05) is 12.5 Å². The smallest absolute Gasteiger partial charge is 0.223 e. The Morgan fingerprint density at radius 2 is 1.79 bits per heavy atom. The second-order valence-corrected chi connectivity index (χ2v) is 5.19. The molecule has 3 nitrogen and oxygen atoms in total. The van der Waals surface area contributed by atoms with Crippen molar-refractivity contribution in [2.45, 2.75) is 40.2 Å². The van der Waals surface area contributed by atoms with Gasteiger partial charge in [0.25, 0.3) is 0 Å². The van der Waals surface area contributed by atoms with Gasteiger partial charge in [-0.05, 0) is 23.5 Å². The molecule has 2 unspecified atom stereocenters. The lowest BCUT2D eigenvalue weighted by Crippen LogP contribution is -2.33. The summed E-state index contributed by atoms with van der Waals surface area (Å²) >= 11 is 0. The molecule has 0 fully saturated rings. The minimum atomic E-state index is 0.0711. The van der Waals surface area contributed by atoms with E-state index in [0.717, 1.165) is 18.4 Å². The molecule has 1 amide bonds. The molecule has 0 spiro atoms. The summed E-state index contributed by atoms with van der Waals surface area (Å²) in [7, 11) is 0. The Kier molecular flexibility index (Phi) is 6.57. The Bertz CT molecular complexity index is 386. The summed E-state index contributed by atoms with van der Waals surface area (Å²) in [6, 6.07) is 7.82. The van der Waals surface area contributed by atoms with Crippen LogP contribution in [0.5, 0.6) is 0 Å². The van der Waals surface area contributed by atoms with Gasteiger partial charge >= 0.3 is 0 Å². The zero-order chi connectivity index (χ0) is 14.3.